The molecule has 0 aromatic heterocycles. The minimum Gasteiger partial charge on any atom is -0.339 e. The van der Waals surface area contributed by atoms with Gasteiger partial charge < -0.3 is 9.80 Å². The average molecular weight is 448 g/mol. The molecule has 172 valence electrons. The van der Waals surface area contributed by atoms with E-state index in [1.165, 1.54) is 0 Å². The van der Waals surface area contributed by atoms with E-state index >= 15 is 0 Å². The zero-order valence-corrected chi connectivity index (χ0v) is 19.1. The molecule has 33 heavy (non-hydrogen) atoms. The first kappa shape index (κ1) is 22.7. The highest BCUT2D eigenvalue weighted by Gasteiger charge is 2.44. The van der Waals surface area contributed by atoms with E-state index in [0.717, 1.165) is 10.5 Å². The van der Waals surface area contributed by atoms with Crippen LogP contribution in [0.5, 0.6) is 0 Å². The third-order valence-corrected chi connectivity index (χ3v) is 6.22. The second kappa shape index (κ2) is 9.57. The van der Waals surface area contributed by atoms with Crippen LogP contribution in [0.15, 0.2) is 54.6 Å². The van der Waals surface area contributed by atoms with Crippen LogP contribution in [0.3, 0.4) is 0 Å². The largest absolute Gasteiger partial charge is 0.339 e. The number of carbonyl (C=O) groups excluding carboxylic acids is 4. The Balaban J connectivity index is 1.55. The molecule has 2 aromatic carbocycles. The van der Waals surface area contributed by atoms with Gasteiger partial charge in [-0.15, -0.1) is 0 Å². The van der Waals surface area contributed by atoms with Gasteiger partial charge >= 0.3 is 0 Å². The molecule has 0 radical (unpaired) electrons. The summed E-state index contributed by atoms with van der Waals surface area (Å²) in [5.74, 6) is -0.755. The Morgan fingerprint density at radius 3 is 1.85 bits per heavy atom. The number of fused-ring (bicyclic) bond motifs is 1. The van der Waals surface area contributed by atoms with E-state index in [9.17, 15) is 19.2 Å². The quantitative estimate of drug-likeness (QED) is 0.638. The van der Waals surface area contributed by atoms with Crippen LogP contribution >= 0.6 is 0 Å². The third kappa shape index (κ3) is 4.67. The highest BCUT2D eigenvalue weighted by atomic mass is 16.2. The molecular weight excluding hydrogens is 418 g/mol. The van der Waals surface area contributed by atoms with E-state index in [2.05, 4.69) is 0 Å². The maximum Gasteiger partial charge on any atom is 0.262 e. The van der Waals surface area contributed by atoms with Gasteiger partial charge in [0.05, 0.1) is 11.1 Å². The number of carbonyl (C=O) groups is 4. The van der Waals surface area contributed by atoms with Crippen molar-refractivity contribution in [2.75, 3.05) is 26.2 Å². The minimum atomic E-state index is -0.933. The summed E-state index contributed by atoms with van der Waals surface area (Å²) >= 11 is 0. The summed E-state index contributed by atoms with van der Waals surface area (Å²) < 4.78 is 0. The van der Waals surface area contributed by atoms with Crippen molar-refractivity contribution in [3.8, 4) is 0 Å². The van der Waals surface area contributed by atoms with Gasteiger partial charge in [-0.05, 0) is 23.6 Å². The van der Waals surface area contributed by atoms with E-state index in [4.69, 9.17) is 0 Å². The van der Waals surface area contributed by atoms with Crippen molar-refractivity contribution >= 4 is 23.6 Å². The van der Waals surface area contributed by atoms with Gasteiger partial charge in [-0.3, -0.25) is 24.1 Å². The first-order valence-electron chi connectivity index (χ1n) is 11.4. The van der Waals surface area contributed by atoms with Gasteiger partial charge in [0.1, 0.15) is 6.04 Å². The second-order valence-electron chi connectivity index (χ2n) is 9.04. The molecule has 1 fully saturated rings. The van der Waals surface area contributed by atoms with Gasteiger partial charge in [0, 0.05) is 39.0 Å². The number of rotatable bonds is 6. The standard InChI is InChI=1S/C26H29N3O4/c1-18(2)16-23(30)27-12-14-28(15-13-27)26(33)22(17-19-8-4-3-5-9-19)29-24(31)20-10-6-7-11-21(20)25(29)32/h3-11,18,22H,12-17H2,1-2H3. The van der Waals surface area contributed by atoms with Gasteiger partial charge in [-0.2, -0.15) is 0 Å². The third-order valence-electron chi connectivity index (χ3n) is 6.22. The summed E-state index contributed by atoms with van der Waals surface area (Å²) in [6.07, 6.45) is 0.733. The molecule has 7 nitrogen and oxygen atoms in total. The summed E-state index contributed by atoms with van der Waals surface area (Å²) in [4.78, 5) is 57.0. The van der Waals surface area contributed by atoms with Crippen LogP contribution < -0.4 is 0 Å². The summed E-state index contributed by atoms with van der Waals surface area (Å²) in [6.45, 7) is 5.70. The molecule has 1 unspecified atom stereocenters. The number of amides is 4. The van der Waals surface area contributed by atoms with Crippen LogP contribution in [0.1, 0.15) is 46.5 Å². The predicted octanol–water partition coefficient (Wildman–Crippen LogP) is 2.61. The average Bonchev–Trinajstić information content (AvgIpc) is 3.07. The van der Waals surface area contributed by atoms with Crippen molar-refractivity contribution < 1.29 is 19.2 Å². The first-order valence-corrected chi connectivity index (χ1v) is 11.4. The van der Waals surface area contributed by atoms with E-state index in [1.54, 1.807) is 34.1 Å². The molecule has 1 saturated heterocycles. The fourth-order valence-corrected chi connectivity index (χ4v) is 4.48. The normalized spacial score (nSPS) is 16.9. The van der Waals surface area contributed by atoms with Crippen LogP contribution in [0, 0.1) is 5.92 Å². The fourth-order valence-electron chi connectivity index (χ4n) is 4.48. The highest BCUT2D eigenvalue weighted by molar-refractivity contribution is 6.22. The number of piperazine rings is 1. The Hall–Kier alpha value is -3.48. The van der Waals surface area contributed by atoms with Crippen molar-refractivity contribution in [3.63, 3.8) is 0 Å². The molecule has 7 heteroatoms. The molecule has 2 aliphatic rings. The maximum absolute atomic E-state index is 13.7. The summed E-state index contributed by atoms with van der Waals surface area (Å²) in [5.41, 5.74) is 1.54. The van der Waals surface area contributed by atoms with Gasteiger partial charge in [-0.25, -0.2) is 0 Å². The van der Waals surface area contributed by atoms with Crippen molar-refractivity contribution in [2.24, 2.45) is 5.92 Å². The minimum absolute atomic E-state index is 0.0956. The molecule has 4 amide bonds. The number of benzene rings is 2. The van der Waals surface area contributed by atoms with E-state index < -0.39 is 17.9 Å². The smallest absolute Gasteiger partial charge is 0.262 e. The molecule has 0 spiro atoms. The van der Waals surface area contributed by atoms with Gasteiger partial charge in [-0.1, -0.05) is 56.3 Å². The molecule has 0 aliphatic carbocycles. The van der Waals surface area contributed by atoms with Crippen molar-refractivity contribution in [2.45, 2.75) is 32.7 Å². The molecule has 2 aliphatic heterocycles. The van der Waals surface area contributed by atoms with Crippen LogP contribution in [0.25, 0.3) is 0 Å². The summed E-state index contributed by atoms with van der Waals surface area (Å²) in [5, 5.41) is 0. The molecular formula is C26H29N3O4. The van der Waals surface area contributed by atoms with Crippen LogP contribution in [-0.2, 0) is 16.0 Å². The number of hydrogen-bond donors (Lipinski definition) is 0. The highest BCUT2D eigenvalue weighted by Crippen LogP contribution is 2.27. The fraction of sp³-hybridized carbons (Fsp3) is 0.385. The van der Waals surface area contributed by atoms with Crippen molar-refractivity contribution in [1.82, 2.24) is 14.7 Å². The number of hydrogen-bond acceptors (Lipinski definition) is 4. The Bertz CT molecular complexity index is 1020. The zero-order chi connectivity index (χ0) is 23.5. The van der Waals surface area contributed by atoms with Gasteiger partial charge in [0.15, 0.2) is 0 Å². The lowest BCUT2D eigenvalue weighted by Gasteiger charge is -2.38. The maximum atomic E-state index is 13.7. The molecule has 0 bridgehead atoms. The van der Waals surface area contributed by atoms with Crippen LogP contribution in [-0.4, -0.2) is 70.5 Å². The molecule has 0 N–H and O–H groups in total. The van der Waals surface area contributed by atoms with Crippen molar-refractivity contribution in [1.29, 1.82) is 0 Å². The molecule has 2 aromatic rings. The SMILES string of the molecule is CC(C)CC(=O)N1CCN(C(=O)C(Cc2ccccc2)N2C(=O)c3ccccc3C2=O)CC1. The zero-order valence-electron chi connectivity index (χ0n) is 19.1. The second-order valence-corrected chi connectivity index (χ2v) is 9.04. The Morgan fingerprint density at radius 2 is 1.30 bits per heavy atom. The lowest BCUT2D eigenvalue weighted by molar-refractivity contribution is -0.142. The lowest BCUT2D eigenvalue weighted by Crippen LogP contribution is -2.57. The molecule has 4 rings (SSSR count). The first-order chi connectivity index (χ1) is 15.9. The molecule has 1 atom stereocenters. The molecule has 0 saturated carbocycles. The Labute approximate surface area is 194 Å². The molecule has 2 heterocycles. The monoisotopic (exact) mass is 447 g/mol. The lowest BCUT2D eigenvalue weighted by atomic mass is 10.0. The van der Waals surface area contributed by atoms with Crippen LogP contribution in [0.4, 0.5) is 0 Å². The van der Waals surface area contributed by atoms with Crippen LogP contribution in [0.2, 0.25) is 0 Å². The van der Waals surface area contributed by atoms with Gasteiger partial charge in [0.25, 0.3) is 11.8 Å². The number of imide groups is 1. The van der Waals surface area contributed by atoms with Crippen molar-refractivity contribution in [3.05, 3.63) is 71.3 Å². The summed E-state index contributed by atoms with van der Waals surface area (Å²) in [6, 6.07) is 15.2. The predicted molar refractivity (Wildman–Crippen MR) is 123 cm³/mol. The topological polar surface area (TPSA) is 78.0 Å². The Kier molecular flexibility index (Phi) is 6.58. The van der Waals surface area contributed by atoms with E-state index in [0.29, 0.717) is 43.7 Å². The summed E-state index contributed by atoms with van der Waals surface area (Å²) in [7, 11) is 0. The van der Waals surface area contributed by atoms with Gasteiger partial charge in [0.2, 0.25) is 11.8 Å². The van der Waals surface area contributed by atoms with E-state index in [1.807, 2.05) is 44.2 Å². The Morgan fingerprint density at radius 1 is 0.788 bits per heavy atom. The number of nitrogens with zero attached hydrogens (tertiary/aromatic N) is 3. The van der Waals surface area contributed by atoms with E-state index in [-0.39, 0.29) is 24.2 Å².